The summed E-state index contributed by atoms with van der Waals surface area (Å²) in [7, 11) is 0. The van der Waals surface area contributed by atoms with E-state index in [0.717, 1.165) is 11.8 Å². The van der Waals surface area contributed by atoms with Crippen molar-refractivity contribution in [2.45, 2.75) is 6.18 Å². The molecule has 0 aliphatic carbocycles. The molecule has 0 aliphatic heterocycles. The van der Waals surface area contributed by atoms with Gasteiger partial charge in [-0.15, -0.1) is 0 Å². The van der Waals surface area contributed by atoms with Gasteiger partial charge in [0.2, 0.25) is 0 Å². The Morgan fingerprint density at radius 2 is 1.81 bits per heavy atom. The number of benzene rings is 1. The maximum absolute atomic E-state index is 12.5. The van der Waals surface area contributed by atoms with Gasteiger partial charge in [0.25, 0.3) is 0 Å². The molecule has 3 aromatic rings. The Morgan fingerprint density at radius 1 is 1.10 bits per heavy atom. The van der Waals surface area contributed by atoms with E-state index in [9.17, 15) is 13.2 Å². The summed E-state index contributed by atoms with van der Waals surface area (Å²) in [6.07, 6.45) is -1.36. The molecule has 0 unspecified atom stereocenters. The molecule has 3 rings (SSSR count). The molecule has 2 heterocycles. The Hall–Kier alpha value is -1.95. The quantitative estimate of drug-likeness (QED) is 0.673. The molecule has 21 heavy (non-hydrogen) atoms. The second kappa shape index (κ2) is 5.81. The van der Waals surface area contributed by atoms with Gasteiger partial charge in [0.15, 0.2) is 0 Å². The van der Waals surface area contributed by atoms with Crippen LogP contribution >= 0.6 is 0 Å². The van der Waals surface area contributed by atoms with Crippen molar-refractivity contribution >= 4 is 0 Å². The minimum atomic E-state index is -4.49. The normalized spacial score (nSPS) is 11.2. The summed E-state index contributed by atoms with van der Waals surface area (Å²) in [4.78, 5) is 4.05. The van der Waals surface area contributed by atoms with E-state index < -0.39 is 11.9 Å². The molecule has 1 aromatic carbocycles. The summed E-state index contributed by atoms with van der Waals surface area (Å²) in [5.74, 6) is 0. The molecule has 0 spiro atoms. The van der Waals surface area contributed by atoms with Gasteiger partial charge in [-0.2, -0.15) is 13.2 Å². The van der Waals surface area contributed by atoms with Gasteiger partial charge in [-0.1, -0.05) is 23.9 Å². The van der Waals surface area contributed by atoms with Crippen LogP contribution in [0.3, 0.4) is 0 Å². The molecule has 104 valence electrons. The van der Waals surface area contributed by atoms with Crippen LogP contribution in [-0.2, 0) is 25.7 Å². The molecule has 4 nitrogen and oxygen atoms in total. The van der Waals surface area contributed by atoms with Crippen LogP contribution < -0.4 is 5.10 Å². The van der Waals surface area contributed by atoms with E-state index in [-0.39, 0.29) is 25.2 Å². The van der Waals surface area contributed by atoms with Crippen molar-refractivity contribution < 1.29 is 32.6 Å². The predicted octanol–water partition coefficient (Wildman–Crippen LogP) is 2.91. The molecule has 0 bridgehead atoms. The summed E-state index contributed by atoms with van der Waals surface area (Å²) >= 11 is 0. The summed E-state index contributed by atoms with van der Waals surface area (Å²) < 4.78 is 39.1. The molecule has 0 aliphatic rings. The van der Waals surface area contributed by atoms with E-state index in [2.05, 4.69) is 15.2 Å². The second-order valence-corrected chi connectivity index (χ2v) is 4.11. The van der Waals surface area contributed by atoms with Crippen molar-refractivity contribution in [3.05, 3.63) is 54.6 Å². The van der Waals surface area contributed by atoms with Crippen LogP contribution in [-0.4, -0.2) is 14.6 Å². The van der Waals surface area contributed by atoms with Gasteiger partial charge in [-0.3, -0.25) is 0 Å². The molecule has 0 amide bonds. The van der Waals surface area contributed by atoms with Crippen molar-refractivity contribution in [2.75, 3.05) is 0 Å². The van der Waals surface area contributed by atoms with Gasteiger partial charge in [0.05, 0.1) is 12.0 Å². The SMILES string of the molecule is FC(F)(F)c1cc(-c2cn(-c3ccccc3)cn2)[n-]n1.[Zn]. The molecule has 0 saturated heterocycles. The summed E-state index contributed by atoms with van der Waals surface area (Å²) in [5.41, 5.74) is 0.299. The van der Waals surface area contributed by atoms with Gasteiger partial charge in [0.1, 0.15) is 5.69 Å². The van der Waals surface area contributed by atoms with Gasteiger partial charge in [0, 0.05) is 31.4 Å². The van der Waals surface area contributed by atoms with Crippen molar-refractivity contribution in [3.8, 4) is 17.1 Å². The molecular weight excluding hydrogens is 335 g/mol. The van der Waals surface area contributed by atoms with Crippen molar-refractivity contribution in [1.82, 2.24) is 19.7 Å². The number of halogens is 3. The number of alkyl halides is 3. The smallest absolute Gasteiger partial charge is 0.431 e. The van der Waals surface area contributed by atoms with Crippen LogP contribution in [0.4, 0.5) is 13.2 Å². The number of nitrogens with zero attached hydrogens (tertiary/aromatic N) is 4. The largest absolute Gasteiger partial charge is 0.573 e. The van der Waals surface area contributed by atoms with Crippen LogP contribution in [0.5, 0.6) is 0 Å². The summed E-state index contributed by atoms with van der Waals surface area (Å²) in [6, 6.07) is 10.2. The van der Waals surface area contributed by atoms with Crippen LogP contribution in [0, 0.1) is 0 Å². The van der Waals surface area contributed by atoms with Crippen molar-refractivity contribution in [3.63, 3.8) is 0 Å². The molecule has 0 radical (unpaired) electrons. The first kappa shape index (κ1) is 15.4. The Bertz CT molecular complexity index is 718. The zero-order chi connectivity index (χ0) is 14.2. The first-order valence-electron chi connectivity index (χ1n) is 5.71. The van der Waals surface area contributed by atoms with Crippen molar-refractivity contribution in [1.29, 1.82) is 0 Å². The Labute approximate surface area is 130 Å². The Morgan fingerprint density at radius 3 is 2.43 bits per heavy atom. The molecular formula is C13H8F3N4Zn-. The van der Waals surface area contributed by atoms with Crippen LogP contribution in [0.2, 0.25) is 0 Å². The maximum atomic E-state index is 12.5. The van der Waals surface area contributed by atoms with Gasteiger partial charge >= 0.3 is 6.18 Å². The number of hydrogen-bond acceptors (Lipinski definition) is 2. The number of rotatable bonds is 2. The average molecular weight is 343 g/mol. The number of imidazole rings is 1. The molecule has 0 N–H and O–H groups in total. The van der Waals surface area contributed by atoms with Crippen LogP contribution in [0.15, 0.2) is 48.9 Å². The number of hydrogen-bond donors (Lipinski definition) is 0. The van der Waals surface area contributed by atoms with E-state index in [1.165, 1.54) is 6.33 Å². The van der Waals surface area contributed by atoms with Gasteiger partial charge < -0.3 is 14.8 Å². The van der Waals surface area contributed by atoms with Crippen molar-refractivity contribution in [2.24, 2.45) is 0 Å². The van der Waals surface area contributed by atoms with E-state index in [4.69, 9.17) is 0 Å². The Balaban J connectivity index is 0.00000161. The number of aromatic nitrogens is 4. The first-order valence-corrected chi connectivity index (χ1v) is 5.71. The second-order valence-electron chi connectivity index (χ2n) is 4.11. The summed E-state index contributed by atoms with van der Waals surface area (Å²) in [5, 5.41) is 6.64. The van der Waals surface area contributed by atoms with Gasteiger partial charge in [-0.25, -0.2) is 4.98 Å². The van der Waals surface area contributed by atoms with E-state index in [1.54, 1.807) is 10.8 Å². The average Bonchev–Trinajstić information content (AvgIpc) is 3.08. The fourth-order valence-corrected chi connectivity index (χ4v) is 1.76. The first-order chi connectivity index (χ1) is 9.54. The third-order valence-corrected chi connectivity index (χ3v) is 2.73. The van der Waals surface area contributed by atoms with Crippen LogP contribution in [0.1, 0.15) is 5.69 Å². The van der Waals surface area contributed by atoms with E-state index in [1.807, 2.05) is 30.3 Å². The topological polar surface area (TPSA) is 44.8 Å². The zero-order valence-electron chi connectivity index (χ0n) is 10.7. The standard InChI is InChI=1S/C13H8F3N4.Zn/c14-13(15,16)12-6-10(18-19-12)11-7-20(8-17-11)9-4-2-1-3-5-9;/h1-8H;/q-1;. The maximum Gasteiger partial charge on any atom is 0.431 e. The summed E-state index contributed by atoms with van der Waals surface area (Å²) in [6.45, 7) is 0. The zero-order valence-corrected chi connectivity index (χ0v) is 13.7. The Kier molecular flexibility index (Phi) is 4.27. The van der Waals surface area contributed by atoms with E-state index >= 15 is 0 Å². The van der Waals surface area contributed by atoms with Gasteiger partial charge in [-0.05, 0) is 18.2 Å². The fraction of sp³-hybridized carbons (Fsp3) is 0.0769. The molecule has 2 aromatic heterocycles. The number of para-hydroxylation sites is 1. The van der Waals surface area contributed by atoms with Crippen LogP contribution in [0.25, 0.3) is 17.1 Å². The monoisotopic (exact) mass is 341 g/mol. The third kappa shape index (κ3) is 3.21. The fourth-order valence-electron chi connectivity index (χ4n) is 1.76. The molecule has 0 fully saturated rings. The predicted molar refractivity (Wildman–Crippen MR) is 65.1 cm³/mol. The molecule has 0 atom stereocenters. The third-order valence-electron chi connectivity index (χ3n) is 2.73. The van der Waals surface area contributed by atoms with E-state index in [0.29, 0.717) is 5.69 Å². The minimum absolute atomic E-state index is 0. The molecule has 8 heteroatoms. The minimum Gasteiger partial charge on any atom is -0.573 e. The molecule has 0 saturated carbocycles.